The molecule has 5 aliphatic rings. The highest BCUT2D eigenvalue weighted by Gasteiger charge is 2.58. The van der Waals surface area contributed by atoms with Crippen LogP contribution in [-0.2, 0) is 14.8 Å². The number of carbonyl (C=O) groups is 1. The third kappa shape index (κ3) is 3.11. The average Bonchev–Trinajstić information content (AvgIpc) is 3.39. The quantitative estimate of drug-likeness (QED) is 0.651. The molecule has 1 aromatic rings. The third-order valence-electron chi connectivity index (χ3n) is 7.50. The van der Waals surface area contributed by atoms with Gasteiger partial charge in [-0.05, 0) is 49.6 Å². The molecular formula is C19H26N4O5S. The average molecular weight is 423 g/mol. The summed E-state index contributed by atoms with van der Waals surface area (Å²) in [5, 5.41) is 10.3. The van der Waals surface area contributed by atoms with Gasteiger partial charge in [0.2, 0.25) is 10.0 Å². The number of rotatable bonds is 6. The molecule has 10 heteroatoms. The number of carbonyl (C=O) groups excluding carboxylic acids is 1. The normalized spacial score (nSPS) is 38.8. The molecule has 158 valence electrons. The van der Waals surface area contributed by atoms with Gasteiger partial charge in [-0.3, -0.25) is 4.79 Å². The van der Waals surface area contributed by atoms with E-state index in [4.69, 9.17) is 9.26 Å². The number of sulfonamides is 1. The van der Waals surface area contributed by atoms with Crippen molar-refractivity contribution in [2.24, 2.45) is 23.7 Å². The van der Waals surface area contributed by atoms with E-state index < -0.39 is 10.0 Å². The van der Waals surface area contributed by atoms with Crippen molar-refractivity contribution in [3.05, 3.63) is 17.5 Å². The highest BCUT2D eigenvalue weighted by molar-refractivity contribution is 7.89. The standard InChI is InChI=1S/C19H26N4O5S/c24-19(16-4-18(28-22-16)10-7-27-8-10)21-15-1-2-23(17-3-11(15)17)29(25,26)9-14-12-5-20-6-13(12)14/h4,10-15,17,20H,1-3,5-9H2,(H,21,24)/t11-,12-,13+,14?,15+,17-/m1/s1. The Balaban J connectivity index is 1.05. The molecule has 0 spiro atoms. The highest BCUT2D eigenvalue weighted by Crippen LogP contribution is 2.51. The van der Waals surface area contributed by atoms with E-state index in [1.165, 1.54) is 0 Å². The maximum absolute atomic E-state index is 12.9. The number of ether oxygens (including phenoxy) is 1. The highest BCUT2D eigenvalue weighted by atomic mass is 32.2. The van der Waals surface area contributed by atoms with Crippen LogP contribution in [0.5, 0.6) is 0 Å². The largest absolute Gasteiger partial charge is 0.380 e. The van der Waals surface area contributed by atoms with Gasteiger partial charge in [0, 0.05) is 24.7 Å². The molecule has 2 N–H and O–H groups in total. The summed E-state index contributed by atoms with van der Waals surface area (Å²) in [5.41, 5.74) is 0.285. The molecular weight excluding hydrogens is 396 g/mol. The van der Waals surface area contributed by atoms with Crippen LogP contribution >= 0.6 is 0 Å². The summed E-state index contributed by atoms with van der Waals surface area (Å²) in [6.45, 7) is 3.61. The number of fused-ring (bicyclic) bond motifs is 2. The van der Waals surface area contributed by atoms with Crippen LogP contribution in [0.15, 0.2) is 10.6 Å². The molecule has 4 heterocycles. The number of hydrogen-bond donors (Lipinski definition) is 2. The van der Waals surface area contributed by atoms with Gasteiger partial charge >= 0.3 is 0 Å². The van der Waals surface area contributed by atoms with Crippen molar-refractivity contribution in [1.29, 1.82) is 0 Å². The predicted molar refractivity (Wildman–Crippen MR) is 102 cm³/mol. The second-order valence-electron chi connectivity index (χ2n) is 9.22. The Morgan fingerprint density at radius 3 is 2.79 bits per heavy atom. The molecule has 1 unspecified atom stereocenters. The van der Waals surface area contributed by atoms with Crippen LogP contribution in [0.2, 0.25) is 0 Å². The summed E-state index contributed by atoms with van der Waals surface area (Å²) in [6.07, 6.45) is 1.47. The summed E-state index contributed by atoms with van der Waals surface area (Å²) in [4.78, 5) is 12.6. The Hall–Kier alpha value is -1.49. The smallest absolute Gasteiger partial charge is 0.273 e. The molecule has 3 aliphatic heterocycles. The van der Waals surface area contributed by atoms with Crippen molar-refractivity contribution < 1.29 is 22.5 Å². The summed E-state index contributed by atoms with van der Waals surface area (Å²) < 4.78 is 38.0. The third-order valence-corrected chi connectivity index (χ3v) is 9.47. The first-order valence-corrected chi connectivity index (χ1v) is 12.2. The molecule has 1 aromatic heterocycles. The van der Waals surface area contributed by atoms with Gasteiger partial charge in [-0.1, -0.05) is 5.16 Å². The Kier molecular flexibility index (Phi) is 4.10. The molecule has 6 atom stereocenters. The van der Waals surface area contributed by atoms with Crippen molar-refractivity contribution >= 4 is 15.9 Å². The first-order chi connectivity index (χ1) is 14.0. The lowest BCUT2D eigenvalue weighted by Crippen LogP contribution is -2.48. The van der Waals surface area contributed by atoms with E-state index in [9.17, 15) is 13.2 Å². The minimum absolute atomic E-state index is 0.00404. The fourth-order valence-electron chi connectivity index (χ4n) is 5.50. The topological polar surface area (TPSA) is 114 Å². The molecule has 3 saturated heterocycles. The molecule has 29 heavy (non-hydrogen) atoms. The number of amides is 1. The fourth-order valence-corrected chi connectivity index (χ4v) is 7.71. The van der Waals surface area contributed by atoms with Gasteiger partial charge in [-0.2, -0.15) is 4.31 Å². The van der Waals surface area contributed by atoms with E-state index >= 15 is 0 Å². The van der Waals surface area contributed by atoms with E-state index in [0.717, 1.165) is 19.5 Å². The predicted octanol–water partition coefficient (Wildman–Crippen LogP) is -0.224. The fraction of sp³-hybridized carbons (Fsp3) is 0.789. The van der Waals surface area contributed by atoms with E-state index in [1.807, 2.05) is 0 Å². The molecule has 9 nitrogen and oxygen atoms in total. The van der Waals surface area contributed by atoms with Crippen LogP contribution in [0, 0.1) is 23.7 Å². The van der Waals surface area contributed by atoms with Crippen molar-refractivity contribution in [1.82, 2.24) is 20.1 Å². The Morgan fingerprint density at radius 2 is 2.07 bits per heavy atom. The van der Waals surface area contributed by atoms with Gasteiger partial charge in [0.25, 0.3) is 5.91 Å². The van der Waals surface area contributed by atoms with Gasteiger partial charge in [0.05, 0.1) is 24.9 Å². The zero-order valence-electron chi connectivity index (χ0n) is 16.1. The second-order valence-corrected chi connectivity index (χ2v) is 11.2. The molecule has 5 fully saturated rings. The second kappa shape index (κ2) is 6.50. The lowest BCUT2D eigenvalue weighted by atomic mass is 10.0. The van der Waals surface area contributed by atoms with Gasteiger partial charge < -0.3 is 19.9 Å². The molecule has 2 aliphatic carbocycles. The van der Waals surface area contributed by atoms with Crippen LogP contribution in [-0.4, -0.2) is 74.5 Å². The zero-order chi connectivity index (χ0) is 19.8. The Bertz CT molecular complexity index is 919. The van der Waals surface area contributed by atoms with E-state index in [0.29, 0.717) is 49.7 Å². The van der Waals surface area contributed by atoms with E-state index in [2.05, 4.69) is 15.8 Å². The first-order valence-electron chi connectivity index (χ1n) is 10.6. The molecule has 6 rings (SSSR count). The minimum Gasteiger partial charge on any atom is -0.380 e. The number of hydrogen-bond acceptors (Lipinski definition) is 7. The summed E-state index contributed by atoms with van der Waals surface area (Å²) in [6, 6.07) is 1.72. The van der Waals surface area contributed by atoms with Crippen molar-refractivity contribution in [2.75, 3.05) is 38.6 Å². The molecule has 0 bridgehead atoms. The molecule has 1 amide bonds. The van der Waals surface area contributed by atoms with Crippen LogP contribution in [0.1, 0.15) is 35.0 Å². The maximum atomic E-state index is 12.9. The van der Waals surface area contributed by atoms with Gasteiger partial charge in [0.15, 0.2) is 5.69 Å². The van der Waals surface area contributed by atoms with Gasteiger partial charge in [-0.25, -0.2) is 8.42 Å². The minimum atomic E-state index is -3.22. The molecule has 0 radical (unpaired) electrons. The zero-order valence-corrected chi connectivity index (χ0v) is 16.9. The summed E-state index contributed by atoms with van der Waals surface area (Å²) in [7, 11) is -3.22. The number of nitrogens with zero attached hydrogens (tertiary/aromatic N) is 2. The molecule has 0 aromatic carbocycles. The lowest BCUT2D eigenvalue weighted by molar-refractivity contribution is -0.00228. The maximum Gasteiger partial charge on any atom is 0.273 e. The van der Waals surface area contributed by atoms with Crippen LogP contribution < -0.4 is 10.6 Å². The van der Waals surface area contributed by atoms with Crippen LogP contribution in [0.25, 0.3) is 0 Å². The van der Waals surface area contributed by atoms with E-state index in [-0.39, 0.29) is 41.3 Å². The van der Waals surface area contributed by atoms with Crippen molar-refractivity contribution in [3.63, 3.8) is 0 Å². The number of nitrogens with one attached hydrogen (secondary N) is 2. The van der Waals surface area contributed by atoms with Gasteiger partial charge in [-0.15, -0.1) is 0 Å². The van der Waals surface area contributed by atoms with Gasteiger partial charge in [0.1, 0.15) is 5.76 Å². The number of piperidine rings is 2. The summed E-state index contributed by atoms with van der Waals surface area (Å²) >= 11 is 0. The Labute approximate surface area is 169 Å². The van der Waals surface area contributed by atoms with Crippen molar-refractivity contribution in [2.45, 2.75) is 30.8 Å². The van der Waals surface area contributed by atoms with E-state index in [1.54, 1.807) is 10.4 Å². The van der Waals surface area contributed by atoms with Crippen LogP contribution in [0.3, 0.4) is 0 Å². The molecule has 2 saturated carbocycles. The monoisotopic (exact) mass is 422 g/mol. The van der Waals surface area contributed by atoms with Crippen LogP contribution in [0.4, 0.5) is 0 Å². The summed E-state index contributed by atoms with van der Waals surface area (Å²) in [5.74, 6) is 2.55. The SMILES string of the molecule is O=C(N[C@H]1CCN(S(=O)(=O)CC2[C@H]3CNC[C@@H]23)[C@@H]2C[C@H]12)c1cc(C2COC2)on1. The van der Waals surface area contributed by atoms with Crippen molar-refractivity contribution in [3.8, 4) is 0 Å². The Morgan fingerprint density at radius 1 is 1.28 bits per heavy atom. The first kappa shape index (κ1) is 18.3. The number of aromatic nitrogens is 1. The lowest BCUT2D eigenvalue weighted by Gasteiger charge is -2.31.